The second-order valence-corrected chi connectivity index (χ2v) is 5.33. The summed E-state index contributed by atoms with van der Waals surface area (Å²) in [7, 11) is 0. The fourth-order valence-corrected chi connectivity index (χ4v) is 2.48. The summed E-state index contributed by atoms with van der Waals surface area (Å²) in [4.78, 5) is 23.2. The predicted molar refractivity (Wildman–Crippen MR) is 77.0 cm³/mol. The molecule has 1 aliphatic heterocycles. The van der Waals surface area contributed by atoms with Crippen molar-refractivity contribution in [1.29, 1.82) is 0 Å². The summed E-state index contributed by atoms with van der Waals surface area (Å²) >= 11 is 0. The second-order valence-electron chi connectivity index (χ2n) is 5.33. The number of benzene rings is 1. The molecule has 4 N–H and O–H groups in total. The number of carboxylic acids is 1. The van der Waals surface area contributed by atoms with E-state index in [1.807, 2.05) is 0 Å². The summed E-state index contributed by atoms with van der Waals surface area (Å²) in [5.41, 5.74) is 0.750. The first-order chi connectivity index (χ1) is 10.0. The number of hydrogen-bond donors (Lipinski definition) is 4. The zero-order valence-corrected chi connectivity index (χ0v) is 11.7. The Balaban J connectivity index is 1.90. The lowest BCUT2D eigenvalue weighted by molar-refractivity contribution is -0.141. The lowest BCUT2D eigenvalue weighted by atomic mass is 10.0. The molecule has 6 heteroatoms. The van der Waals surface area contributed by atoms with Crippen LogP contribution in [0.4, 0.5) is 0 Å². The van der Waals surface area contributed by atoms with Crippen LogP contribution in [-0.4, -0.2) is 40.7 Å². The SMILES string of the molecule is O=C(CC1CCCN1)N[C@H](Cc1ccc(O)cc1)C(=O)O. The van der Waals surface area contributed by atoms with Crippen LogP contribution in [0.5, 0.6) is 5.75 Å². The zero-order valence-electron chi connectivity index (χ0n) is 11.7. The first-order valence-electron chi connectivity index (χ1n) is 7.08. The van der Waals surface area contributed by atoms with Gasteiger partial charge in [-0.1, -0.05) is 12.1 Å². The van der Waals surface area contributed by atoms with Crippen molar-refractivity contribution in [2.45, 2.75) is 37.8 Å². The third-order valence-electron chi connectivity index (χ3n) is 3.60. The van der Waals surface area contributed by atoms with Crippen molar-refractivity contribution >= 4 is 11.9 Å². The maximum absolute atomic E-state index is 11.9. The van der Waals surface area contributed by atoms with Crippen molar-refractivity contribution in [2.75, 3.05) is 6.54 Å². The molecular weight excluding hydrogens is 272 g/mol. The molecule has 0 radical (unpaired) electrons. The third-order valence-corrected chi connectivity index (χ3v) is 3.60. The molecule has 1 fully saturated rings. The minimum absolute atomic E-state index is 0.127. The maximum atomic E-state index is 11.9. The molecule has 6 nitrogen and oxygen atoms in total. The number of rotatable bonds is 6. The Morgan fingerprint density at radius 3 is 2.62 bits per heavy atom. The minimum Gasteiger partial charge on any atom is -0.508 e. The highest BCUT2D eigenvalue weighted by molar-refractivity contribution is 5.84. The highest BCUT2D eigenvalue weighted by Gasteiger charge is 2.23. The van der Waals surface area contributed by atoms with Crippen LogP contribution < -0.4 is 10.6 Å². The quantitative estimate of drug-likeness (QED) is 0.617. The molecule has 1 aromatic rings. The van der Waals surface area contributed by atoms with E-state index in [0.717, 1.165) is 24.9 Å². The number of carbonyl (C=O) groups is 2. The van der Waals surface area contributed by atoms with E-state index in [1.165, 1.54) is 12.1 Å². The van der Waals surface area contributed by atoms with E-state index in [9.17, 15) is 19.8 Å². The summed E-state index contributed by atoms with van der Waals surface area (Å²) in [6, 6.07) is 5.49. The normalized spacial score (nSPS) is 19.1. The molecule has 0 aromatic heterocycles. The van der Waals surface area contributed by atoms with Gasteiger partial charge in [-0.2, -0.15) is 0 Å². The first-order valence-corrected chi connectivity index (χ1v) is 7.08. The summed E-state index contributed by atoms with van der Waals surface area (Å²) < 4.78 is 0. The first kappa shape index (κ1) is 15.3. The van der Waals surface area contributed by atoms with Gasteiger partial charge in [-0.15, -0.1) is 0 Å². The Labute approximate surface area is 123 Å². The van der Waals surface area contributed by atoms with Gasteiger partial charge >= 0.3 is 5.97 Å². The lowest BCUT2D eigenvalue weighted by Gasteiger charge is -2.16. The van der Waals surface area contributed by atoms with Gasteiger partial charge in [0.2, 0.25) is 5.91 Å². The Hall–Kier alpha value is -2.08. The van der Waals surface area contributed by atoms with E-state index < -0.39 is 12.0 Å². The standard InChI is InChI=1S/C15H20N2O4/c18-12-5-3-10(4-6-12)8-13(15(20)21)17-14(19)9-11-2-1-7-16-11/h3-6,11,13,16,18H,1-2,7-9H2,(H,17,19)(H,20,21)/t11?,13-/m1/s1. The molecule has 21 heavy (non-hydrogen) atoms. The molecule has 0 aliphatic carbocycles. The van der Waals surface area contributed by atoms with E-state index in [0.29, 0.717) is 6.42 Å². The van der Waals surface area contributed by atoms with Crippen LogP contribution >= 0.6 is 0 Å². The van der Waals surface area contributed by atoms with Crippen molar-refractivity contribution in [3.63, 3.8) is 0 Å². The van der Waals surface area contributed by atoms with Crippen molar-refractivity contribution in [2.24, 2.45) is 0 Å². The lowest BCUT2D eigenvalue weighted by Crippen LogP contribution is -2.44. The number of phenolic OH excluding ortho intramolecular Hbond substituents is 1. The molecular formula is C15H20N2O4. The number of phenols is 1. The van der Waals surface area contributed by atoms with Crippen molar-refractivity contribution in [3.05, 3.63) is 29.8 Å². The van der Waals surface area contributed by atoms with Crippen molar-refractivity contribution in [3.8, 4) is 5.75 Å². The van der Waals surface area contributed by atoms with Gasteiger partial charge in [0.15, 0.2) is 0 Å². The van der Waals surface area contributed by atoms with E-state index in [4.69, 9.17) is 0 Å². The van der Waals surface area contributed by atoms with E-state index in [1.54, 1.807) is 12.1 Å². The largest absolute Gasteiger partial charge is 0.508 e. The number of carboxylic acid groups (broad SMARTS) is 1. The van der Waals surface area contributed by atoms with Gasteiger partial charge in [0.05, 0.1) is 0 Å². The van der Waals surface area contributed by atoms with Crippen LogP contribution in [0.3, 0.4) is 0 Å². The van der Waals surface area contributed by atoms with Crippen molar-refractivity contribution < 1.29 is 19.8 Å². The third kappa shape index (κ3) is 4.75. The maximum Gasteiger partial charge on any atom is 0.326 e. The number of aliphatic carboxylic acids is 1. The van der Waals surface area contributed by atoms with Gasteiger partial charge in [-0.3, -0.25) is 4.79 Å². The van der Waals surface area contributed by atoms with Crippen LogP contribution in [0.2, 0.25) is 0 Å². The van der Waals surface area contributed by atoms with Crippen LogP contribution in [0.1, 0.15) is 24.8 Å². The van der Waals surface area contributed by atoms with Crippen LogP contribution in [0.25, 0.3) is 0 Å². The zero-order chi connectivity index (χ0) is 15.2. The minimum atomic E-state index is -1.06. The fraction of sp³-hybridized carbons (Fsp3) is 0.467. The molecule has 1 aliphatic rings. The number of aromatic hydroxyl groups is 1. The molecule has 0 bridgehead atoms. The van der Waals surface area contributed by atoms with Crippen LogP contribution in [0, 0.1) is 0 Å². The van der Waals surface area contributed by atoms with Gasteiger partial charge in [0, 0.05) is 18.9 Å². The molecule has 1 amide bonds. The summed E-state index contributed by atoms with van der Waals surface area (Å²) in [5.74, 6) is -1.18. The Bertz CT molecular complexity index is 495. The topological polar surface area (TPSA) is 98.7 Å². The molecule has 2 rings (SSSR count). The number of hydrogen-bond acceptors (Lipinski definition) is 4. The van der Waals surface area contributed by atoms with Gasteiger partial charge in [0.25, 0.3) is 0 Å². The van der Waals surface area contributed by atoms with Gasteiger partial charge in [-0.05, 0) is 37.1 Å². The monoisotopic (exact) mass is 292 g/mol. The van der Waals surface area contributed by atoms with Crippen LogP contribution in [-0.2, 0) is 16.0 Å². The van der Waals surface area contributed by atoms with Gasteiger partial charge in [-0.25, -0.2) is 4.79 Å². The summed E-state index contributed by atoms with van der Waals surface area (Å²) in [6.45, 7) is 0.911. The fourth-order valence-electron chi connectivity index (χ4n) is 2.48. The molecule has 1 heterocycles. The highest BCUT2D eigenvalue weighted by Crippen LogP contribution is 2.12. The van der Waals surface area contributed by atoms with Crippen LogP contribution in [0.15, 0.2) is 24.3 Å². The molecule has 0 spiro atoms. The number of amides is 1. The van der Waals surface area contributed by atoms with E-state index in [2.05, 4.69) is 10.6 Å². The smallest absolute Gasteiger partial charge is 0.326 e. The molecule has 1 saturated heterocycles. The Morgan fingerprint density at radius 2 is 2.05 bits per heavy atom. The summed E-state index contributed by atoms with van der Waals surface area (Å²) in [5, 5.41) is 24.2. The highest BCUT2D eigenvalue weighted by atomic mass is 16.4. The summed E-state index contributed by atoms with van der Waals surface area (Å²) in [6.07, 6.45) is 2.50. The van der Waals surface area contributed by atoms with Crippen molar-refractivity contribution in [1.82, 2.24) is 10.6 Å². The average molecular weight is 292 g/mol. The molecule has 1 aromatic carbocycles. The Morgan fingerprint density at radius 1 is 1.33 bits per heavy atom. The van der Waals surface area contributed by atoms with Gasteiger partial charge < -0.3 is 20.8 Å². The molecule has 2 atom stereocenters. The van der Waals surface area contributed by atoms with E-state index >= 15 is 0 Å². The number of carbonyl (C=O) groups excluding carboxylic acids is 1. The molecule has 0 saturated carbocycles. The predicted octanol–water partition coefficient (Wildman–Crippen LogP) is 0.646. The van der Waals surface area contributed by atoms with Gasteiger partial charge in [0.1, 0.15) is 11.8 Å². The Kier molecular flexibility index (Phi) is 5.16. The molecule has 1 unspecified atom stereocenters. The number of nitrogens with one attached hydrogen (secondary N) is 2. The van der Waals surface area contributed by atoms with E-state index in [-0.39, 0.29) is 24.1 Å². The molecule has 114 valence electrons. The second kappa shape index (κ2) is 7.08. The average Bonchev–Trinajstić information content (AvgIpc) is 2.93.